The van der Waals surface area contributed by atoms with Crippen LogP contribution in [0.3, 0.4) is 0 Å². The highest BCUT2D eigenvalue weighted by atomic mass is 32.1. The molecule has 6 nitrogen and oxygen atoms in total. The molecule has 2 N–H and O–H groups in total. The standard InChI is InChI=1S/C23H22N4O2S/c28-19-9-5-4-8-18(19)27-12-10-26(11-13-27)14-20-24-22(29)21-17(15-30-23(21)25-20)16-6-2-1-3-7-16/h1-9,15,28H,10-14H2,(H,24,25,29). The number of hydrogen-bond acceptors (Lipinski definition) is 6. The molecule has 5 rings (SSSR count). The van der Waals surface area contributed by atoms with Crippen molar-refractivity contribution in [1.82, 2.24) is 14.9 Å². The summed E-state index contributed by atoms with van der Waals surface area (Å²) in [6.45, 7) is 3.94. The van der Waals surface area contributed by atoms with Crippen molar-refractivity contribution in [2.75, 3.05) is 31.1 Å². The van der Waals surface area contributed by atoms with Gasteiger partial charge < -0.3 is 15.0 Å². The molecule has 0 aliphatic carbocycles. The first-order chi connectivity index (χ1) is 14.7. The van der Waals surface area contributed by atoms with Crippen LogP contribution in [0.15, 0.2) is 64.8 Å². The summed E-state index contributed by atoms with van der Waals surface area (Å²) in [7, 11) is 0. The van der Waals surface area contributed by atoms with Crippen LogP contribution in [0.5, 0.6) is 5.75 Å². The maximum absolute atomic E-state index is 12.8. The molecule has 0 bridgehead atoms. The lowest BCUT2D eigenvalue weighted by molar-refractivity contribution is 0.243. The van der Waals surface area contributed by atoms with Gasteiger partial charge in [-0.2, -0.15) is 0 Å². The molecule has 1 aliphatic rings. The van der Waals surface area contributed by atoms with Gasteiger partial charge >= 0.3 is 0 Å². The quantitative estimate of drug-likeness (QED) is 0.529. The molecule has 0 saturated carbocycles. The predicted octanol–water partition coefficient (Wildman–Crippen LogP) is 3.68. The van der Waals surface area contributed by atoms with Gasteiger partial charge in [-0.3, -0.25) is 9.69 Å². The van der Waals surface area contributed by atoms with Gasteiger partial charge in [0, 0.05) is 37.1 Å². The maximum atomic E-state index is 12.8. The van der Waals surface area contributed by atoms with Gasteiger partial charge in [-0.1, -0.05) is 42.5 Å². The number of phenolic OH excluding ortho intramolecular Hbond substituents is 1. The van der Waals surface area contributed by atoms with Crippen LogP contribution in [-0.2, 0) is 6.54 Å². The van der Waals surface area contributed by atoms with Gasteiger partial charge in [0.1, 0.15) is 16.4 Å². The van der Waals surface area contributed by atoms with Crippen molar-refractivity contribution in [3.63, 3.8) is 0 Å². The summed E-state index contributed by atoms with van der Waals surface area (Å²) >= 11 is 1.51. The SMILES string of the molecule is O=c1[nH]c(CN2CCN(c3ccccc3O)CC2)nc2scc(-c3ccccc3)c12. The summed E-state index contributed by atoms with van der Waals surface area (Å²) < 4.78 is 0. The minimum atomic E-state index is -0.0806. The number of aromatic nitrogens is 2. The topological polar surface area (TPSA) is 72.5 Å². The average Bonchev–Trinajstić information content (AvgIpc) is 3.20. The number of benzene rings is 2. The lowest BCUT2D eigenvalue weighted by Gasteiger charge is -2.36. The van der Waals surface area contributed by atoms with E-state index in [1.54, 1.807) is 6.07 Å². The van der Waals surface area contributed by atoms with Crippen LogP contribution in [-0.4, -0.2) is 46.2 Å². The molecule has 0 spiro atoms. The van der Waals surface area contributed by atoms with E-state index < -0.39 is 0 Å². The normalized spacial score (nSPS) is 15.0. The van der Waals surface area contributed by atoms with Crippen molar-refractivity contribution in [3.05, 3.63) is 76.2 Å². The maximum Gasteiger partial charge on any atom is 0.260 e. The molecular weight excluding hydrogens is 396 g/mol. The van der Waals surface area contributed by atoms with Crippen molar-refractivity contribution in [3.8, 4) is 16.9 Å². The van der Waals surface area contributed by atoms with E-state index in [2.05, 4.69) is 14.8 Å². The largest absolute Gasteiger partial charge is 0.506 e. The third-order valence-corrected chi connectivity index (χ3v) is 6.42. The highest BCUT2D eigenvalue weighted by molar-refractivity contribution is 7.17. The lowest BCUT2D eigenvalue weighted by atomic mass is 10.1. The molecular formula is C23H22N4O2S. The summed E-state index contributed by atoms with van der Waals surface area (Å²) in [6.07, 6.45) is 0. The second kappa shape index (κ2) is 7.93. The molecule has 1 aliphatic heterocycles. The summed E-state index contributed by atoms with van der Waals surface area (Å²) in [5.41, 5.74) is 2.76. The third kappa shape index (κ3) is 3.58. The van der Waals surface area contributed by atoms with Crippen LogP contribution in [0.4, 0.5) is 5.69 Å². The van der Waals surface area contributed by atoms with Crippen LogP contribution >= 0.6 is 11.3 Å². The lowest BCUT2D eigenvalue weighted by Crippen LogP contribution is -2.46. The van der Waals surface area contributed by atoms with E-state index in [0.717, 1.165) is 47.8 Å². The summed E-state index contributed by atoms with van der Waals surface area (Å²) in [6, 6.07) is 17.4. The van der Waals surface area contributed by atoms with Crippen molar-refractivity contribution < 1.29 is 5.11 Å². The number of rotatable bonds is 4. The van der Waals surface area contributed by atoms with Crippen molar-refractivity contribution >= 4 is 27.2 Å². The number of H-pyrrole nitrogens is 1. The number of para-hydroxylation sites is 2. The zero-order chi connectivity index (χ0) is 20.5. The Morgan fingerprint density at radius 3 is 2.50 bits per heavy atom. The number of anilines is 1. The van der Waals surface area contributed by atoms with Gasteiger partial charge in [0.15, 0.2) is 0 Å². The van der Waals surface area contributed by atoms with Gasteiger partial charge in [-0.25, -0.2) is 4.98 Å². The molecule has 152 valence electrons. The number of aromatic hydroxyl groups is 1. The van der Waals surface area contributed by atoms with Gasteiger partial charge in [0.25, 0.3) is 5.56 Å². The molecule has 1 fully saturated rings. The van der Waals surface area contributed by atoms with E-state index in [-0.39, 0.29) is 5.56 Å². The van der Waals surface area contributed by atoms with Gasteiger partial charge in [-0.15, -0.1) is 11.3 Å². The van der Waals surface area contributed by atoms with Crippen LogP contribution in [0.25, 0.3) is 21.3 Å². The van der Waals surface area contributed by atoms with Gasteiger partial charge in [0.2, 0.25) is 0 Å². The number of aromatic amines is 1. The Balaban J connectivity index is 1.32. The highest BCUT2D eigenvalue weighted by Gasteiger charge is 2.20. The molecule has 1 saturated heterocycles. The van der Waals surface area contributed by atoms with E-state index in [1.165, 1.54) is 11.3 Å². The summed E-state index contributed by atoms with van der Waals surface area (Å²) in [5, 5.41) is 12.8. The second-order valence-electron chi connectivity index (χ2n) is 7.46. The van der Waals surface area contributed by atoms with Crippen LogP contribution < -0.4 is 10.5 Å². The molecule has 0 amide bonds. The van der Waals surface area contributed by atoms with Crippen LogP contribution in [0.1, 0.15) is 5.82 Å². The molecule has 2 aromatic heterocycles. The van der Waals surface area contributed by atoms with Crippen molar-refractivity contribution in [1.29, 1.82) is 0 Å². The molecule has 0 unspecified atom stereocenters. The second-order valence-corrected chi connectivity index (χ2v) is 8.32. The van der Waals surface area contributed by atoms with E-state index in [9.17, 15) is 9.90 Å². The number of fused-ring (bicyclic) bond motifs is 1. The monoisotopic (exact) mass is 418 g/mol. The Kier molecular flexibility index (Phi) is 4.98. The fourth-order valence-corrected chi connectivity index (χ4v) is 4.96. The Bertz CT molecular complexity index is 1230. The van der Waals surface area contributed by atoms with Crippen molar-refractivity contribution in [2.45, 2.75) is 6.54 Å². The van der Waals surface area contributed by atoms with Gasteiger partial charge in [-0.05, 0) is 17.7 Å². The first-order valence-corrected chi connectivity index (χ1v) is 10.9. The molecule has 3 heterocycles. The van der Waals surface area contributed by atoms with Crippen molar-refractivity contribution in [2.24, 2.45) is 0 Å². The molecule has 4 aromatic rings. The molecule has 0 radical (unpaired) electrons. The number of nitrogens with one attached hydrogen (secondary N) is 1. The Hall–Kier alpha value is -3.16. The Labute approximate surface area is 178 Å². The molecule has 2 aromatic carbocycles. The predicted molar refractivity (Wildman–Crippen MR) is 121 cm³/mol. The van der Waals surface area contributed by atoms with E-state index in [4.69, 9.17) is 4.98 Å². The molecule has 0 atom stereocenters. The third-order valence-electron chi connectivity index (χ3n) is 5.55. The number of piperazine rings is 1. The minimum Gasteiger partial charge on any atom is -0.506 e. The Morgan fingerprint density at radius 2 is 1.73 bits per heavy atom. The van der Waals surface area contributed by atoms with Crippen LogP contribution in [0, 0.1) is 0 Å². The fourth-order valence-electron chi connectivity index (χ4n) is 3.99. The number of hydrogen-bond donors (Lipinski definition) is 2. The van der Waals surface area contributed by atoms with Gasteiger partial charge in [0.05, 0.1) is 17.6 Å². The van der Waals surface area contributed by atoms with E-state index in [0.29, 0.717) is 23.5 Å². The van der Waals surface area contributed by atoms with E-state index >= 15 is 0 Å². The number of thiophene rings is 1. The van der Waals surface area contributed by atoms with E-state index in [1.807, 2.05) is 53.9 Å². The summed E-state index contributed by atoms with van der Waals surface area (Å²) in [5.74, 6) is 1.01. The highest BCUT2D eigenvalue weighted by Crippen LogP contribution is 2.31. The van der Waals surface area contributed by atoms with Crippen LogP contribution in [0.2, 0.25) is 0 Å². The Morgan fingerprint density at radius 1 is 1.00 bits per heavy atom. The average molecular weight is 419 g/mol. The smallest absolute Gasteiger partial charge is 0.260 e. The first kappa shape index (κ1) is 18.8. The number of nitrogens with zero attached hydrogens (tertiary/aromatic N) is 3. The summed E-state index contributed by atoms with van der Waals surface area (Å²) in [4.78, 5) is 25.8. The molecule has 7 heteroatoms. The first-order valence-electron chi connectivity index (χ1n) is 10.00. The zero-order valence-corrected chi connectivity index (χ0v) is 17.2. The molecule has 30 heavy (non-hydrogen) atoms. The minimum absolute atomic E-state index is 0.0806. The zero-order valence-electron chi connectivity index (χ0n) is 16.4. The number of phenols is 1. The fraction of sp³-hybridized carbons (Fsp3) is 0.217.